The molecule has 0 saturated carbocycles. The second-order valence-electron chi connectivity index (χ2n) is 4.17. The second-order valence-corrected chi connectivity index (χ2v) is 4.69. The van der Waals surface area contributed by atoms with E-state index in [9.17, 15) is 18.0 Å². The Bertz CT molecular complexity index is 688. The van der Waals surface area contributed by atoms with Crippen LogP contribution in [0.25, 0.3) is 0 Å². The molecule has 0 aliphatic rings. The monoisotopic (exact) mass is 297 g/mol. The van der Waals surface area contributed by atoms with E-state index in [2.05, 4.69) is 12.6 Å². The molecule has 2 nitrogen and oxygen atoms in total. The molecule has 2 aromatic rings. The van der Waals surface area contributed by atoms with Crippen LogP contribution in [0.4, 0.5) is 18.9 Å². The van der Waals surface area contributed by atoms with Crippen molar-refractivity contribution >= 4 is 24.2 Å². The zero-order chi connectivity index (χ0) is 14.9. The van der Waals surface area contributed by atoms with Crippen molar-refractivity contribution in [3.63, 3.8) is 0 Å². The second kappa shape index (κ2) is 5.58. The highest BCUT2D eigenvalue weighted by molar-refractivity contribution is 7.80. The number of carbonyl (C=O) groups is 1. The van der Waals surface area contributed by atoms with Crippen molar-refractivity contribution in [3.8, 4) is 0 Å². The fourth-order valence-electron chi connectivity index (χ4n) is 1.64. The van der Waals surface area contributed by atoms with Crippen LogP contribution in [0.3, 0.4) is 0 Å². The lowest BCUT2D eigenvalue weighted by molar-refractivity contribution is 0.102. The lowest BCUT2D eigenvalue weighted by Crippen LogP contribution is -2.16. The Morgan fingerprint density at radius 1 is 1.10 bits per heavy atom. The first-order chi connectivity index (χ1) is 9.40. The molecule has 0 aromatic heterocycles. The summed E-state index contributed by atoms with van der Waals surface area (Å²) in [4.78, 5) is 12.2. The van der Waals surface area contributed by atoms with Gasteiger partial charge in [-0.25, -0.2) is 13.2 Å². The van der Waals surface area contributed by atoms with Gasteiger partial charge in [0.05, 0.1) is 5.56 Å². The predicted octanol–water partition coefficient (Wildman–Crippen LogP) is 3.95. The van der Waals surface area contributed by atoms with E-state index in [0.29, 0.717) is 4.90 Å². The van der Waals surface area contributed by atoms with E-state index in [0.717, 1.165) is 12.1 Å². The van der Waals surface area contributed by atoms with Crippen molar-refractivity contribution < 1.29 is 18.0 Å². The van der Waals surface area contributed by atoms with E-state index in [4.69, 9.17) is 0 Å². The summed E-state index contributed by atoms with van der Waals surface area (Å²) in [6, 6.07) is 5.87. The molecular formula is C14H10F3NOS. The minimum atomic E-state index is -0.943. The van der Waals surface area contributed by atoms with Crippen LogP contribution in [0.15, 0.2) is 35.2 Å². The fourth-order valence-corrected chi connectivity index (χ4v) is 1.84. The Morgan fingerprint density at radius 3 is 2.45 bits per heavy atom. The minimum Gasteiger partial charge on any atom is -0.317 e. The van der Waals surface area contributed by atoms with E-state index in [1.807, 2.05) is 5.32 Å². The van der Waals surface area contributed by atoms with Gasteiger partial charge in [-0.15, -0.1) is 12.6 Å². The van der Waals surface area contributed by atoms with Crippen LogP contribution in [0.5, 0.6) is 0 Å². The largest absolute Gasteiger partial charge is 0.317 e. The molecule has 0 radical (unpaired) electrons. The normalized spacial score (nSPS) is 10.4. The summed E-state index contributed by atoms with van der Waals surface area (Å²) in [5.74, 6) is -3.56. The van der Waals surface area contributed by atoms with Gasteiger partial charge < -0.3 is 5.32 Å². The highest BCUT2D eigenvalue weighted by Gasteiger charge is 2.18. The number of benzene rings is 2. The Balaban J connectivity index is 2.38. The average molecular weight is 297 g/mol. The zero-order valence-electron chi connectivity index (χ0n) is 10.4. The van der Waals surface area contributed by atoms with E-state index in [-0.39, 0.29) is 11.1 Å². The van der Waals surface area contributed by atoms with E-state index < -0.39 is 29.0 Å². The first-order valence-corrected chi connectivity index (χ1v) is 6.09. The van der Waals surface area contributed by atoms with E-state index in [1.165, 1.54) is 25.1 Å². The van der Waals surface area contributed by atoms with Crippen LogP contribution in [0.1, 0.15) is 15.9 Å². The molecule has 0 aliphatic heterocycles. The van der Waals surface area contributed by atoms with Gasteiger partial charge in [0.15, 0.2) is 5.82 Å². The molecule has 0 spiro atoms. The summed E-state index contributed by atoms with van der Waals surface area (Å²) < 4.78 is 40.8. The summed E-state index contributed by atoms with van der Waals surface area (Å²) in [6.45, 7) is 1.43. The summed E-state index contributed by atoms with van der Waals surface area (Å²) in [6.07, 6.45) is 0. The molecule has 1 N–H and O–H groups in total. The van der Waals surface area contributed by atoms with E-state index in [1.54, 1.807) is 0 Å². The number of amides is 1. The first-order valence-electron chi connectivity index (χ1n) is 5.64. The maximum atomic E-state index is 13.8. The van der Waals surface area contributed by atoms with E-state index >= 15 is 0 Å². The number of aryl methyl sites for hydroxylation is 1. The van der Waals surface area contributed by atoms with Crippen LogP contribution in [-0.2, 0) is 0 Å². The Labute approximate surface area is 119 Å². The zero-order valence-corrected chi connectivity index (χ0v) is 11.3. The number of hydrogen-bond donors (Lipinski definition) is 2. The smallest absolute Gasteiger partial charge is 0.258 e. The predicted molar refractivity (Wildman–Crippen MR) is 72.7 cm³/mol. The average Bonchev–Trinajstić information content (AvgIpc) is 2.41. The molecule has 0 aliphatic carbocycles. The maximum Gasteiger partial charge on any atom is 0.258 e. The lowest BCUT2D eigenvalue weighted by atomic mass is 10.1. The molecule has 0 unspecified atom stereocenters. The van der Waals surface area contributed by atoms with Crippen molar-refractivity contribution in [3.05, 3.63) is 58.9 Å². The van der Waals surface area contributed by atoms with Crippen LogP contribution >= 0.6 is 12.6 Å². The van der Waals surface area contributed by atoms with Crippen LogP contribution in [-0.4, -0.2) is 5.91 Å². The lowest BCUT2D eigenvalue weighted by Gasteiger charge is -2.10. The topological polar surface area (TPSA) is 29.1 Å². The third-order valence-electron chi connectivity index (χ3n) is 2.72. The van der Waals surface area contributed by atoms with Gasteiger partial charge in [-0.2, -0.15) is 0 Å². The number of hydrogen-bond acceptors (Lipinski definition) is 2. The fraction of sp³-hybridized carbons (Fsp3) is 0.0714. The Morgan fingerprint density at radius 2 is 1.75 bits per heavy atom. The molecule has 0 atom stereocenters. The van der Waals surface area contributed by atoms with Crippen LogP contribution < -0.4 is 5.32 Å². The van der Waals surface area contributed by atoms with Crippen molar-refractivity contribution in [1.29, 1.82) is 0 Å². The number of nitrogens with one attached hydrogen (secondary N) is 1. The van der Waals surface area contributed by atoms with Crippen LogP contribution in [0, 0.1) is 24.4 Å². The first kappa shape index (κ1) is 14.5. The molecule has 2 rings (SSSR count). The highest BCUT2D eigenvalue weighted by atomic mass is 32.1. The molecule has 2 aromatic carbocycles. The third-order valence-corrected chi connectivity index (χ3v) is 3.00. The Kier molecular flexibility index (Phi) is 4.04. The molecule has 0 saturated heterocycles. The standard InChI is InChI=1S/C14H10F3NOS/c1-7-2-4-11(16)13(12(7)17)18-14(19)9-6-8(20)3-5-10(9)15/h2-6,20H,1H3,(H,18,19). The molecule has 6 heteroatoms. The number of rotatable bonds is 2. The van der Waals surface area contributed by atoms with Gasteiger partial charge in [-0.1, -0.05) is 6.07 Å². The Hall–Kier alpha value is -1.95. The van der Waals surface area contributed by atoms with Crippen molar-refractivity contribution in [2.24, 2.45) is 0 Å². The van der Waals surface area contributed by atoms with Gasteiger partial charge in [0.1, 0.15) is 17.3 Å². The van der Waals surface area contributed by atoms with Gasteiger partial charge in [-0.3, -0.25) is 4.79 Å². The van der Waals surface area contributed by atoms with Crippen molar-refractivity contribution in [1.82, 2.24) is 0 Å². The molecule has 20 heavy (non-hydrogen) atoms. The SMILES string of the molecule is Cc1ccc(F)c(NC(=O)c2cc(S)ccc2F)c1F. The van der Waals surface area contributed by atoms with Gasteiger partial charge in [-0.05, 0) is 36.8 Å². The van der Waals surface area contributed by atoms with Crippen molar-refractivity contribution in [2.75, 3.05) is 5.32 Å². The molecule has 0 bridgehead atoms. The quantitative estimate of drug-likeness (QED) is 0.807. The maximum absolute atomic E-state index is 13.8. The molecular weight excluding hydrogens is 287 g/mol. The van der Waals surface area contributed by atoms with Gasteiger partial charge in [0.25, 0.3) is 5.91 Å². The summed E-state index contributed by atoms with van der Waals surface area (Å²) in [5, 5.41) is 2.04. The highest BCUT2D eigenvalue weighted by Crippen LogP contribution is 2.23. The van der Waals surface area contributed by atoms with Crippen LogP contribution in [0.2, 0.25) is 0 Å². The molecule has 0 heterocycles. The molecule has 104 valence electrons. The number of halogens is 3. The summed E-state index contributed by atoms with van der Waals surface area (Å²) >= 11 is 3.98. The summed E-state index contributed by atoms with van der Waals surface area (Å²) in [7, 11) is 0. The third kappa shape index (κ3) is 2.80. The number of thiol groups is 1. The molecule has 0 fully saturated rings. The molecule has 1 amide bonds. The number of carbonyl (C=O) groups excluding carboxylic acids is 1. The summed E-state index contributed by atoms with van der Waals surface area (Å²) in [5.41, 5.74) is -0.762. The number of anilines is 1. The minimum absolute atomic E-state index is 0.171. The van der Waals surface area contributed by atoms with Gasteiger partial charge in [0, 0.05) is 4.90 Å². The van der Waals surface area contributed by atoms with Gasteiger partial charge >= 0.3 is 0 Å². The van der Waals surface area contributed by atoms with Gasteiger partial charge in [0.2, 0.25) is 0 Å². The van der Waals surface area contributed by atoms with Crippen molar-refractivity contribution in [2.45, 2.75) is 11.8 Å².